The van der Waals surface area contributed by atoms with E-state index in [1.807, 2.05) is 27.7 Å². The van der Waals surface area contributed by atoms with Gasteiger partial charge in [-0.05, 0) is 41.6 Å². The van der Waals surface area contributed by atoms with Gasteiger partial charge in [0.25, 0.3) is 0 Å². The summed E-state index contributed by atoms with van der Waals surface area (Å²) in [7, 11) is 0. The molecule has 197 valence electrons. The number of allylic oxidation sites excluding steroid dienone is 2. The molecule has 0 spiro atoms. The van der Waals surface area contributed by atoms with E-state index >= 15 is 0 Å². The minimum Gasteiger partial charge on any atom is -0.512 e. The number of aliphatic hydroxyl groups is 1. The van der Waals surface area contributed by atoms with E-state index in [0.717, 1.165) is 29.6 Å². The maximum atomic E-state index is 11.0. The number of pyridine rings is 1. The molecule has 2 aromatic carbocycles. The third-order valence-corrected chi connectivity index (χ3v) is 6.35. The van der Waals surface area contributed by atoms with Crippen molar-refractivity contribution in [1.29, 1.82) is 0 Å². The van der Waals surface area contributed by atoms with Crippen LogP contribution in [-0.4, -0.2) is 15.9 Å². The Balaban J connectivity index is 0.000000462. The second kappa shape index (κ2) is 14.4. The van der Waals surface area contributed by atoms with Crippen LogP contribution in [-0.2, 0) is 31.3 Å². The van der Waals surface area contributed by atoms with Crippen LogP contribution in [0.4, 0.5) is 0 Å². The van der Waals surface area contributed by atoms with Crippen LogP contribution in [0.2, 0.25) is 0 Å². The van der Waals surface area contributed by atoms with Crippen LogP contribution in [0.3, 0.4) is 0 Å². The molecule has 3 rings (SSSR count). The van der Waals surface area contributed by atoms with Gasteiger partial charge >= 0.3 is 0 Å². The molecule has 1 atom stereocenters. The summed E-state index contributed by atoms with van der Waals surface area (Å²) in [6.45, 7) is 18.3. The Morgan fingerprint density at radius 2 is 1.69 bits per heavy atom. The number of ketones is 1. The van der Waals surface area contributed by atoms with Crippen LogP contribution in [0.5, 0.6) is 0 Å². The molecule has 0 aliphatic heterocycles. The summed E-state index contributed by atoms with van der Waals surface area (Å²) in [5.41, 5.74) is 8.47. The van der Waals surface area contributed by atoms with Gasteiger partial charge in [0.05, 0.1) is 11.3 Å². The van der Waals surface area contributed by atoms with E-state index in [4.69, 9.17) is 4.98 Å². The molecule has 1 heterocycles. The molecule has 0 saturated carbocycles. The van der Waals surface area contributed by atoms with Gasteiger partial charge in [0.2, 0.25) is 0 Å². The molecule has 1 radical (unpaired) electrons. The molecule has 0 aliphatic rings. The van der Waals surface area contributed by atoms with Gasteiger partial charge < -0.3 is 5.11 Å². The standard InChI is InChI=1S/C23H26N.C9H16O2.Ir/c1-6-17(5)20-9-8-10-21-23(20)18(7-2)14-22(24-21)19-12-15(3)11-16(4)13-19;1-6(2)8(10)5-9(11)7(3)4;/h8-12,14,17H,6-7H2,1-5H3;5-7,10H,1-4H3;/q-1;;/b;8-5-;. The van der Waals surface area contributed by atoms with Crippen molar-refractivity contribution in [3.63, 3.8) is 0 Å². The summed E-state index contributed by atoms with van der Waals surface area (Å²) < 4.78 is 0. The van der Waals surface area contributed by atoms with Crippen LogP contribution in [0, 0.1) is 31.7 Å². The van der Waals surface area contributed by atoms with Crippen molar-refractivity contribution in [2.75, 3.05) is 0 Å². The Morgan fingerprint density at radius 1 is 1.03 bits per heavy atom. The Morgan fingerprint density at radius 3 is 2.22 bits per heavy atom. The first-order valence-corrected chi connectivity index (χ1v) is 12.9. The smallest absolute Gasteiger partial charge is 0.161 e. The number of fused-ring (bicyclic) bond motifs is 1. The van der Waals surface area contributed by atoms with E-state index < -0.39 is 0 Å². The zero-order valence-corrected chi connectivity index (χ0v) is 25.7. The van der Waals surface area contributed by atoms with Gasteiger partial charge in [-0.25, -0.2) is 0 Å². The fourth-order valence-corrected chi connectivity index (χ4v) is 3.96. The van der Waals surface area contributed by atoms with Crippen molar-refractivity contribution in [3.8, 4) is 11.3 Å². The Labute approximate surface area is 231 Å². The van der Waals surface area contributed by atoms with Crippen molar-refractivity contribution in [3.05, 3.63) is 76.6 Å². The average molecular weight is 665 g/mol. The minimum absolute atomic E-state index is 0. The van der Waals surface area contributed by atoms with E-state index in [9.17, 15) is 9.90 Å². The SMILES string of the molecule is CC(C)C(=O)/C=C(\O)C(C)C.CCc1cc(-c2[c-]c(C)cc(C)c2)nc2cccc(C(C)CC)c12.[Ir]. The van der Waals surface area contributed by atoms with Crippen LogP contribution in [0.1, 0.15) is 83.1 Å². The third-order valence-electron chi connectivity index (χ3n) is 6.35. The number of aryl methyl sites for hydroxylation is 3. The Hall–Kier alpha value is -2.29. The van der Waals surface area contributed by atoms with Crippen molar-refractivity contribution in [1.82, 2.24) is 4.98 Å². The van der Waals surface area contributed by atoms with Crippen molar-refractivity contribution in [2.45, 2.75) is 81.1 Å². The molecule has 3 nitrogen and oxygen atoms in total. The Bertz CT molecular complexity index is 1170. The Kier molecular flexibility index (Phi) is 12.7. The topological polar surface area (TPSA) is 50.2 Å². The summed E-state index contributed by atoms with van der Waals surface area (Å²) in [6.07, 6.45) is 3.48. The number of carbonyl (C=O) groups is 1. The second-order valence-electron chi connectivity index (χ2n) is 10.1. The van der Waals surface area contributed by atoms with Crippen molar-refractivity contribution in [2.24, 2.45) is 11.8 Å². The molecule has 0 aliphatic carbocycles. The zero-order chi connectivity index (χ0) is 26.3. The van der Waals surface area contributed by atoms with Crippen LogP contribution in [0.25, 0.3) is 22.2 Å². The average Bonchev–Trinajstić information content (AvgIpc) is 2.81. The number of nitrogens with zero attached hydrogens (tertiary/aromatic N) is 1. The number of aromatic nitrogens is 1. The zero-order valence-electron chi connectivity index (χ0n) is 23.3. The van der Waals surface area contributed by atoms with Crippen molar-refractivity contribution >= 4 is 16.7 Å². The van der Waals surface area contributed by atoms with E-state index in [0.29, 0.717) is 5.92 Å². The number of carbonyl (C=O) groups excluding carboxylic acids is 1. The predicted molar refractivity (Wildman–Crippen MR) is 149 cm³/mol. The molecule has 0 saturated heterocycles. The first-order valence-electron chi connectivity index (χ1n) is 12.9. The monoisotopic (exact) mass is 665 g/mol. The summed E-state index contributed by atoms with van der Waals surface area (Å²) in [5, 5.41) is 10.5. The quantitative estimate of drug-likeness (QED) is 0.156. The molecule has 0 fully saturated rings. The summed E-state index contributed by atoms with van der Waals surface area (Å²) in [5.74, 6) is 0.716. The molecule has 1 unspecified atom stereocenters. The minimum atomic E-state index is -0.0316. The van der Waals surface area contributed by atoms with Gasteiger partial charge in [-0.2, -0.15) is 0 Å². The van der Waals surface area contributed by atoms with Crippen molar-refractivity contribution < 1.29 is 30.0 Å². The van der Waals surface area contributed by atoms with E-state index in [1.54, 1.807) is 0 Å². The molecule has 4 heteroatoms. The van der Waals surface area contributed by atoms with E-state index in [1.165, 1.54) is 33.7 Å². The number of benzene rings is 2. The summed E-state index contributed by atoms with van der Waals surface area (Å²) in [4.78, 5) is 16.0. The maximum absolute atomic E-state index is 11.0. The first kappa shape index (κ1) is 31.7. The molecule has 3 aromatic rings. The van der Waals surface area contributed by atoms with Crippen LogP contribution >= 0.6 is 0 Å². The third kappa shape index (κ3) is 8.39. The van der Waals surface area contributed by atoms with E-state index in [-0.39, 0.29) is 43.5 Å². The molecular formula is C32H42IrNO2-. The largest absolute Gasteiger partial charge is 0.512 e. The molecule has 36 heavy (non-hydrogen) atoms. The van der Waals surface area contributed by atoms with Gasteiger partial charge in [-0.1, -0.05) is 80.5 Å². The van der Waals surface area contributed by atoms with Gasteiger partial charge in [0, 0.05) is 43.4 Å². The second-order valence-corrected chi connectivity index (χ2v) is 10.1. The molecule has 1 aromatic heterocycles. The van der Waals surface area contributed by atoms with Gasteiger partial charge in [-0.15, -0.1) is 34.9 Å². The fraction of sp³-hybridized carbons (Fsp3) is 0.438. The van der Waals surface area contributed by atoms with Gasteiger partial charge in [0.15, 0.2) is 5.78 Å². The number of hydrogen-bond donors (Lipinski definition) is 1. The predicted octanol–water partition coefficient (Wildman–Crippen LogP) is 8.70. The number of aliphatic hydroxyl groups excluding tert-OH is 1. The van der Waals surface area contributed by atoms with Crippen LogP contribution < -0.4 is 0 Å². The fourth-order valence-electron chi connectivity index (χ4n) is 3.96. The first-order chi connectivity index (χ1) is 16.5. The van der Waals surface area contributed by atoms with Gasteiger partial charge in [-0.3, -0.25) is 9.78 Å². The molecular weight excluding hydrogens is 623 g/mol. The van der Waals surface area contributed by atoms with Gasteiger partial charge in [0.1, 0.15) is 0 Å². The summed E-state index contributed by atoms with van der Waals surface area (Å²) in [6, 6.07) is 16.6. The number of rotatable bonds is 7. The summed E-state index contributed by atoms with van der Waals surface area (Å²) >= 11 is 0. The van der Waals surface area contributed by atoms with Crippen LogP contribution in [0.15, 0.2) is 48.2 Å². The normalized spacial score (nSPS) is 12.2. The van der Waals surface area contributed by atoms with E-state index in [2.05, 4.69) is 77.1 Å². The molecule has 1 N–H and O–H groups in total. The number of hydrogen-bond acceptors (Lipinski definition) is 3. The molecule has 0 bridgehead atoms. The molecule has 0 amide bonds. The maximum Gasteiger partial charge on any atom is 0.161 e.